The standard InChI is InChI=1S/C25H21NO3S/c1-17(27)19-10-11-23-20(14-19)12-13-26(23)25(29)21-8-5-9-22(15-21)30-16-24(28)18-6-3-2-4-7-18/h2-11,14-15H,12-13,16H2,1H3. The van der Waals surface area contributed by atoms with E-state index in [2.05, 4.69) is 0 Å². The summed E-state index contributed by atoms with van der Waals surface area (Å²) in [4.78, 5) is 39.7. The maximum absolute atomic E-state index is 13.1. The van der Waals surface area contributed by atoms with Crippen LogP contribution in [0.3, 0.4) is 0 Å². The van der Waals surface area contributed by atoms with Crippen molar-refractivity contribution < 1.29 is 14.4 Å². The highest BCUT2D eigenvalue weighted by Crippen LogP contribution is 2.31. The summed E-state index contributed by atoms with van der Waals surface area (Å²) in [5, 5.41) is 0. The average molecular weight is 416 g/mol. The average Bonchev–Trinajstić information content (AvgIpc) is 3.21. The zero-order valence-corrected chi connectivity index (χ0v) is 17.4. The lowest BCUT2D eigenvalue weighted by Gasteiger charge is -2.18. The molecule has 3 aromatic carbocycles. The predicted octanol–water partition coefficient (Wildman–Crippen LogP) is 5.07. The summed E-state index contributed by atoms with van der Waals surface area (Å²) in [5.41, 5.74) is 3.84. The molecule has 0 bridgehead atoms. The predicted molar refractivity (Wildman–Crippen MR) is 120 cm³/mol. The summed E-state index contributed by atoms with van der Waals surface area (Å²) < 4.78 is 0. The molecule has 0 fully saturated rings. The van der Waals surface area contributed by atoms with Gasteiger partial charge in [0.2, 0.25) is 0 Å². The number of ketones is 2. The van der Waals surface area contributed by atoms with Gasteiger partial charge in [0.25, 0.3) is 5.91 Å². The molecule has 0 aliphatic carbocycles. The normalized spacial score (nSPS) is 12.5. The first kappa shape index (κ1) is 20.1. The topological polar surface area (TPSA) is 54.5 Å². The lowest BCUT2D eigenvalue weighted by Crippen LogP contribution is -2.28. The number of anilines is 1. The summed E-state index contributed by atoms with van der Waals surface area (Å²) in [7, 11) is 0. The molecule has 1 aliphatic heterocycles. The lowest BCUT2D eigenvalue weighted by molar-refractivity contribution is 0.0986. The smallest absolute Gasteiger partial charge is 0.258 e. The molecule has 0 atom stereocenters. The van der Waals surface area contributed by atoms with Crippen molar-refractivity contribution >= 4 is 34.9 Å². The summed E-state index contributed by atoms with van der Waals surface area (Å²) in [6.45, 7) is 2.14. The molecule has 0 unspecified atom stereocenters. The van der Waals surface area contributed by atoms with Gasteiger partial charge in [-0.25, -0.2) is 0 Å². The second-order valence-electron chi connectivity index (χ2n) is 7.21. The number of hydrogen-bond acceptors (Lipinski definition) is 4. The van der Waals surface area contributed by atoms with Gasteiger partial charge in [-0.05, 0) is 55.3 Å². The Morgan fingerprint density at radius 1 is 0.867 bits per heavy atom. The lowest BCUT2D eigenvalue weighted by atomic mass is 10.1. The van der Waals surface area contributed by atoms with Crippen LogP contribution in [0.15, 0.2) is 77.7 Å². The Morgan fingerprint density at radius 3 is 2.40 bits per heavy atom. The van der Waals surface area contributed by atoms with E-state index in [-0.39, 0.29) is 17.5 Å². The third kappa shape index (κ3) is 4.21. The quantitative estimate of drug-likeness (QED) is 0.417. The molecular weight excluding hydrogens is 394 g/mol. The first-order valence-corrected chi connectivity index (χ1v) is 10.8. The summed E-state index contributed by atoms with van der Waals surface area (Å²) in [5.74, 6) is 0.341. The van der Waals surface area contributed by atoms with E-state index in [1.807, 2.05) is 60.7 Å². The first-order chi connectivity index (χ1) is 14.5. The Balaban J connectivity index is 1.47. The van der Waals surface area contributed by atoms with E-state index in [9.17, 15) is 14.4 Å². The molecule has 0 aromatic heterocycles. The highest BCUT2D eigenvalue weighted by Gasteiger charge is 2.26. The van der Waals surface area contributed by atoms with Crippen molar-refractivity contribution in [2.24, 2.45) is 0 Å². The molecule has 0 saturated heterocycles. The van der Waals surface area contributed by atoms with Gasteiger partial charge < -0.3 is 4.90 Å². The fourth-order valence-corrected chi connectivity index (χ4v) is 4.41. The molecule has 3 aromatic rings. The third-order valence-electron chi connectivity index (χ3n) is 5.17. The van der Waals surface area contributed by atoms with Gasteiger partial charge in [-0.1, -0.05) is 36.4 Å². The number of Topliss-reactive ketones (excluding diaryl/α,β-unsaturated/α-hetero) is 2. The van der Waals surface area contributed by atoms with Gasteiger partial charge in [0.15, 0.2) is 11.6 Å². The second-order valence-corrected chi connectivity index (χ2v) is 8.26. The number of carbonyl (C=O) groups excluding carboxylic acids is 3. The minimum Gasteiger partial charge on any atom is -0.308 e. The van der Waals surface area contributed by atoms with Crippen LogP contribution >= 0.6 is 11.8 Å². The van der Waals surface area contributed by atoms with E-state index in [4.69, 9.17) is 0 Å². The van der Waals surface area contributed by atoms with Crippen molar-refractivity contribution in [3.05, 3.63) is 95.1 Å². The Bertz CT molecular complexity index is 1120. The number of benzene rings is 3. The van der Waals surface area contributed by atoms with Gasteiger partial charge in [-0.15, -0.1) is 11.8 Å². The highest BCUT2D eigenvalue weighted by molar-refractivity contribution is 8.00. The van der Waals surface area contributed by atoms with E-state index in [1.165, 1.54) is 11.8 Å². The maximum atomic E-state index is 13.1. The van der Waals surface area contributed by atoms with Crippen molar-refractivity contribution in [3.8, 4) is 0 Å². The van der Waals surface area contributed by atoms with E-state index < -0.39 is 0 Å². The second kappa shape index (κ2) is 8.67. The zero-order valence-electron chi connectivity index (χ0n) is 16.6. The monoisotopic (exact) mass is 415 g/mol. The minimum atomic E-state index is -0.0684. The van der Waals surface area contributed by atoms with Crippen LogP contribution in [0.1, 0.15) is 43.6 Å². The van der Waals surface area contributed by atoms with Gasteiger partial charge in [-0.3, -0.25) is 14.4 Å². The van der Waals surface area contributed by atoms with Crippen LogP contribution in [-0.4, -0.2) is 29.8 Å². The largest absolute Gasteiger partial charge is 0.308 e. The van der Waals surface area contributed by atoms with Crippen molar-refractivity contribution in [2.45, 2.75) is 18.2 Å². The van der Waals surface area contributed by atoms with E-state index in [0.717, 1.165) is 22.6 Å². The summed E-state index contributed by atoms with van der Waals surface area (Å²) in [6, 6.07) is 22.1. The summed E-state index contributed by atoms with van der Waals surface area (Å²) >= 11 is 1.43. The molecule has 1 heterocycles. The Labute approximate surface area is 179 Å². The van der Waals surface area contributed by atoms with Crippen LogP contribution in [0.5, 0.6) is 0 Å². The molecule has 4 rings (SSSR count). The van der Waals surface area contributed by atoms with E-state index in [1.54, 1.807) is 24.0 Å². The molecule has 1 aliphatic rings. The molecule has 5 heteroatoms. The van der Waals surface area contributed by atoms with Gasteiger partial charge >= 0.3 is 0 Å². The summed E-state index contributed by atoms with van der Waals surface area (Å²) in [6.07, 6.45) is 0.738. The SMILES string of the molecule is CC(=O)c1ccc2c(c1)CCN2C(=O)c1cccc(SCC(=O)c2ccccc2)c1. The fourth-order valence-electron chi connectivity index (χ4n) is 3.56. The number of rotatable bonds is 6. The van der Waals surface area contributed by atoms with E-state index >= 15 is 0 Å². The van der Waals surface area contributed by atoms with Crippen LogP contribution in [0.4, 0.5) is 5.69 Å². The van der Waals surface area contributed by atoms with Crippen LogP contribution in [0.2, 0.25) is 0 Å². The number of amides is 1. The molecule has 0 radical (unpaired) electrons. The highest BCUT2D eigenvalue weighted by atomic mass is 32.2. The van der Waals surface area contributed by atoms with Crippen LogP contribution in [0.25, 0.3) is 0 Å². The van der Waals surface area contributed by atoms with Gasteiger partial charge in [-0.2, -0.15) is 0 Å². The molecule has 0 spiro atoms. The number of carbonyl (C=O) groups is 3. The van der Waals surface area contributed by atoms with Crippen molar-refractivity contribution in [3.63, 3.8) is 0 Å². The number of thioether (sulfide) groups is 1. The first-order valence-electron chi connectivity index (χ1n) is 9.80. The molecule has 150 valence electrons. The fraction of sp³-hybridized carbons (Fsp3) is 0.160. The zero-order chi connectivity index (χ0) is 21.1. The van der Waals surface area contributed by atoms with Crippen LogP contribution in [-0.2, 0) is 6.42 Å². The van der Waals surface area contributed by atoms with Gasteiger partial charge in [0, 0.05) is 33.8 Å². The molecular formula is C25H21NO3S. The van der Waals surface area contributed by atoms with E-state index in [0.29, 0.717) is 29.0 Å². The number of nitrogens with zero attached hydrogens (tertiary/aromatic N) is 1. The van der Waals surface area contributed by atoms with Crippen molar-refractivity contribution in [1.82, 2.24) is 0 Å². The van der Waals surface area contributed by atoms with Crippen LogP contribution < -0.4 is 4.90 Å². The molecule has 1 amide bonds. The maximum Gasteiger partial charge on any atom is 0.258 e. The van der Waals surface area contributed by atoms with Crippen molar-refractivity contribution in [2.75, 3.05) is 17.2 Å². The minimum absolute atomic E-state index is 0.0253. The molecule has 0 saturated carbocycles. The Hall–Kier alpha value is -3.18. The van der Waals surface area contributed by atoms with Crippen LogP contribution in [0, 0.1) is 0 Å². The Kier molecular flexibility index (Phi) is 5.81. The number of hydrogen-bond donors (Lipinski definition) is 0. The molecule has 4 nitrogen and oxygen atoms in total. The third-order valence-corrected chi connectivity index (χ3v) is 6.17. The van der Waals surface area contributed by atoms with Gasteiger partial charge in [0.1, 0.15) is 0 Å². The number of fused-ring (bicyclic) bond motifs is 1. The molecule has 30 heavy (non-hydrogen) atoms. The van der Waals surface area contributed by atoms with Gasteiger partial charge in [0.05, 0.1) is 5.75 Å². The Morgan fingerprint density at radius 2 is 1.63 bits per heavy atom. The van der Waals surface area contributed by atoms with Crippen molar-refractivity contribution in [1.29, 1.82) is 0 Å². The molecule has 0 N–H and O–H groups in total.